The number of thiazole rings is 1. The monoisotopic (exact) mass is 666 g/mol. The normalized spacial score (nSPS) is 19.9. The standard InChI is InChI=1S/C32H32ClFN6O5S/c1-44-26(41)10-5-19-3-7-21(8-4-19)40-17-22-16-38(12-13-39(22)32(40)43)18-25-27(31(42)45-2)28(23-9-6-20(34)15-24(23)33)37-29(36-25)30-35-11-14-46-30/h3-4,6-9,11,14-15,22,28H,5,10,12-13,16-18H2,1-2H3,(H,36,37)/t22-,28?/m0/s1. The zero-order chi connectivity index (χ0) is 32.4. The molecule has 1 aromatic heterocycles. The second kappa shape index (κ2) is 13.6. The average molecular weight is 667 g/mol. The molecule has 2 atom stereocenters. The molecular formula is C32H32ClFN6O5S. The van der Waals surface area contributed by atoms with Crippen LogP contribution in [0.5, 0.6) is 0 Å². The Labute approximate surface area is 274 Å². The van der Waals surface area contributed by atoms with Gasteiger partial charge in [-0.1, -0.05) is 29.8 Å². The zero-order valence-electron chi connectivity index (χ0n) is 25.2. The fourth-order valence-corrected chi connectivity index (χ4v) is 6.87. The van der Waals surface area contributed by atoms with Crippen molar-refractivity contribution in [1.82, 2.24) is 20.1 Å². The Hall–Kier alpha value is -4.33. The molecule has 3 aromatic rings. The van der Waals surface area contributed by atoms with E-state index in [-0.39, 0.29) is 28.6 Å². The number of aromatic nitrogens is 1. The van der Waals surface area contributed by atoms with Gasteiger partial charge in [-0.3, -0.25) is 19.6 Å². The SMILES string of the molecule is COC(=O)CCc1ccc(N2C[C@@H]3CN(CC4=C(C(=O)OC)C(c5ccc(F)cc5Cl)N=C(c5nccs5)N4)CCN3C2=O)cc1. The van der Waals surface area contributed by atoms with Gasteiger partial charge in [0.15, 0.2) is 10.8 Å². The van der Waals surface area contributed by atoms with Crippen molar-refractivity contribution in [2.75, 3.05) is 51.8 Å². The van der Waals surface area contributed by atoms with Crippen molar-refractivity contribution in [1.29, 1.82) is 0 Å². The molecule has 2 saturated heterocycles. The number of carbonyl (C=O) groups is 3. The Bertz CT molecular complexity index is 1700. The van der Waals surface area contributed by atoms with Crippen LogP contribution in [0.2, 0.25) is 5.02 Å². The van der Waals surface area contributed by atoms with Crippen molar-refractivity contribution < 1.29 is 28.2 Å². The first-order chi connectivity index (χ1) is 22.2. The number of amidine groups is 1. The van der Waals surface area contributed by atoms with E-state index >= 15 is 0 Å². The van der Waals surface area contributed by atoms with Gasteiger partial charge in [-0.25, -0.2) is 19.0 Å². The number of methoxy groups -OCH3 is 2. The van der Waals surface area contributed by atoms with E-state index in [0.717, 1.165) is 11.3 Å². The number of hydrogen-bond acceptors (Lipinski definition) is 10. The third-order valence-electron chi connectivity index (χ3n) is 8.34. The third kappa shape index (κ3) is 6.48. The number of urea groups is 1. The van der Waals surface area contributed by atoms with Crippen molar-refractivity contribution >= 4 is 52.4 Å². The summed E-state index contributed by atoms with van der Waals surface area (Å²) < 4.78 is 23.9. The summed E-state index contributed by atoms with van der Waals surface area (Å²) in [6.07, 6.45) is 2.52. The van der Waals surface area contributed by atoms with Crippen LogP contribution in [0, 0.1) is 5.82 Å². The summed E-state index contributed by atoms with van der Waals surface area (Å²) in [6, 6.07) is 10.7. The first kappa shape index (κ1) is 31.6. The molecule has 2 aromatic carbocycles. The minimum atomic E-state index is -0.851. The number of rotatable bonds is 9. The highest BCUT2D eigenvalue weighted by molar-refractivity contribution is 7.11. The van der Waals surface area contributed by atoms with Crippen LogP contribution >= 0.6 is 22.9 Å². The third-order valence-corrected chi connectivity index (χ3v) is 9.44. The highest BCUT2D eigenvalue weighted by Crippen LogP contribution is 2.37. The van der Waals surface area contributed by atoms with Crippen molar-refractivity contribution in [2.24, 2.45) is 4.99 Å². The number of amides is 2. The van der Waals surface area contributed by atoms with Gasteiger partial charge < -0.3 is 19.7 Å². The molecule has 3 aliphatic rings. The maximum atomic E-state index is 14.0. The summed E-state index contributed by atoms with van der Waals surface area (Å²) in [6.45, 7) is 2.52. The lowest BCUT2D eigenvalue weighted by Gasteiger charge is -2.38. The summed E-state index contributed by atoms with van der Waals surface area (Å²) in [5.41, 5.74) is 3.10. The Kier molecular flexibility index (Phi) is 9.34. The number of piperazine rings is 1. The van der Waals surface area contributed by atoms with Gasteiger partial charge in [0, 0.05) is 72.7 Å². The zero-order valence-corrected chi connectivity index (χ0v) is 26.8. The maximum absolute atomic E-state index is 14.0. The van der Waals surface area contributed by atoms with Gasteiger partial charge in [0.25, 0.3) is 0 Å². The van der Waals surface area contributed by atoms with Gasteiger partial charge in [0.05, 0.1) is 25.8 Å². The molecule has 2 amide bonds. The number of hydrogen-bond donors (Lipinski definition) is 1. The minimum Gasteiger partial charge on any atom is -0.469 e. The quantitative estimate of drug-likeness (QED) is 0.338. The summed E-state index contributed by atoms with van der Waals surface area (Å²) >= 11 is 7.87. The Morgan fingerprint density at radius 1 is 1.11 bits per heavy atom. The molecule has 14 heteroatoms. The van der Waals surface area contributed by atoms with Crippen LogP contribution in [-0.4, -0.2) is 91.6 Å². The molecule has 0 aliphatic carbocycles. The molecule has 3 aliphatic heterocycles. The van der Waals surface area contributed by atoms with E-state index in [1.807, 2.05) is 34.5 Å². The first-order valence-electron chi connectivity index (χ1n) is 14.7. The molecule has 1 N–H and O–H groups in total. The van der Waals surface area contributed by atoms with Crippen LogP contribution in [0.15, 0.2) is 70.3 Å². The van der Waals surface area contributed by atoms with Crippen LogP contribution in [-0.2, 0) is 25.5 Å². The predicted molar refractivity (Wildman–Crippen MR) is 171 cm³/mol. The lowest BCUT2D eigenvalue weighted by Crippen LogP contribution is -2.53. The molecule has 6 rings (SSSR count). The van der Waals surface area contributed by atoms with Crippen molar-refractivity contribution in [3.63, 3.8) is 0 Å². The van der Waals surface area contributed by atoms with E-state index in [2.05, 4.69) is 15.2 Å². The van der Waals surface area contributed by atoms with E-state index < -0.39 is 17.8 Å². The van der Waals surface area contributed by atoms with E-state index in [0.29, 0.717) is 67.7 Å². The number of ether oxygens (including phenoxy) is 2. The molecular weight excluding hydrogens is 635 g/mol. The minimum absolute atomic E-state index is 0.0542. The van der Waals surface area contributed by atoms with Gasteiger partial charge in [-0.15, -0.1) is 11.3 Å². The number of carbonyl (C=O) groups excluding carboxylic acids is 3. The number of aryl methyl sites for hydroxylation is 1. The van der Waals surface area contributed by atoms with Crippen LogP contribution in [0.1, 0.15) is 28.6 Å². The number of halogens is 2. The lowest BCUT2D eigenvalue weighted by atomic mass is 9.95. The summed E-state index contributed by atoms with van der Waals surface area (Å²) in [5, 5.41) is 5.93. The highest BCUT2D eigenvalue weighted by atomic mass is 35.5. The molecule has 2 fully saturated rings. The Morgan fingerprint density at radius 2 is 1.91 bits per heavy atom. The number of benzene rings is 2. The molecule has 4 heterocycles. The number of esters is 2. The topological polar surface area (TPSA) is 117 Å². The number of fused-ring (bicyclic) bond motifs is 1. The van der Waals surface area contributed by atoms with Gasteiger partial charge in [0.2, 0.25) is 0 Å². The second-order valence-electron chi connectivity index (χ2n) is 11.1. The van der Waals surface area contributed by atoms with Crippen molar-refractivity contribution in [3.05, 3.63) is 92.3 Å². The van der Waals surface area contributed by atoms with Crippen molar-refractivity contribution in [3.8, 4) is 0 Å². The lowest BCUT2D eigenvalue weighted by molar-refractivity contribution is -0.140. The Balaban J connectivity index is 1.23. The number of aliphatic imine (C=N–C) groups is 1. The number of anilines is 1. The molecule has 0 radical (unpaired) electrons. The van der Waals surface area contributed by atoms with Gasteiger partial charge in [-0.05, 0) is 36.2 Å². The van der Waals surface area contributed by atoms with Crippen LogP contribution < -0.4 is 10.2 Å². The Morgan fingerprint density at radius 3 is 2.61 bits per heavy atom. The van der Waals surface area contributed by atoms with Crippen LogP contribution in [0.25, 0.3) is 0 Å². The fraction of sp³-hybridized carbons (Fsp3) is 0.344. The second-order valence-corrected chi connectivity index (χ2v) is 12.4. The molecule has 1 unspecified atom stereocenters. The molecule has 0 saturated carbocycles. The summed E-state index contributed by atoms with van der Waals surface area (Å²) in [5.74, 6) is -0.868. The number of nitrogens with one attached hydrogen (secondary N) is 1. The van der Waals surface area contributed by atoms with Gasteiger partial charge in [0.1, 0.15) is 11.9 Å². The number of nitrogens with zero attached hydrogens (tertiary/aromatic N) is 5. The summed E-state index contributed by atoms with van der Waals surface area (Å²) in [7, 11) is 2.68. The highest BCUT2D eigenvalue weighted by Gasteiger charge is 2.42. The van der Waals surface area contributed by atoms with E-state index in [9.17, 15) is 18.8 Å². The smallest absolute Gasteiger partial charge is 0.338 e. The van der Waals surface area contributed by atoms with E-state index in [1.54, 1.807) is 11.1 Å². The largest absolute Gasteiger partial charge is 0.469 e. The fourth-order valence-electron chi connectivity index (χ4n) is 6.01. The molecule has 0 bridgehead atoms. The summed E-state index contributed by atoms with van der Waals surface area (Å²) in [4.78, 5) is 53.3. The average Bonchev–Trinajstić information content (AvgIpc) is 3.72. The van der Waals surface area contributed by atoms with E-state index in [4.69, 9.17) is 26.1 Å². The van der Waals surface area contributed by atoms with Gasteiger partial charge in [-0.2, -0.15) is 0 Å². The molecule has 46 heavy (non-hydrogen) atoms. The van der Waals surface area contributed by atoms with Crippen LogP contribution in [0.3, 0.4) is 0 Å². The van der Waals surface area contributed by atoms with Crippen LogP contribution in [0.4, 0.5) is 14.9 Å². The molecule has 240 valence electrons. The van der Waals surface area contributed by atoms with E-state index in [1.165, 1.54) is 43.8 Å². The van der Waals surface area contributed by atoms with Gasteiger partial charge >= 0.3 is 18.0 Å². The first-order valence-corrected chi connectivity index (χ1v) is 16.0. The molecule has 11 nitrogen and oxygen atoms in total. The predicted octanol–water partition coefficient (Wildman–Crippen LogP) is 4.19. The maximum Gasteiger partial charge on any atom is 0.338 e. The molecule has 0 spiro atoms. The van der Waals surface area contributed by atoms with Crippen molar-refractivity contribution in [2.45, 2.75) is 24.9 Å².